The number of anilines is 2. The zero-order chi connectivity index (χ0) is 29.0. The number of carboxylic acid groups (broad SMARTS) is 1. The molecule has 1 saturated heterocycles. The Morgan fingerprint density at radius 3 is 2.66 bits per heavy atom. The Hall–Kier alpha value is -4.51. The summed E-state index contributed by atoms with van der Waals surface area (Å²) in [4.78, 5) is 19.6. The zero-order valence-electron chi connectivity index (χ0n) is 21.3. The summed E-state index contributed by atoms with van der Waals surface area (Å²) in [6.07, 6.45) is -1.27. The molecule has 0 amide bonds. The zero-order valence-corrected chi connectivity index (χ0v) is 22.1. The lowest BCUT2D eigenvalue weighted by Crippen LogP contribution is -2.21. The number of rotatable bonds is 4. The fourth-order valence-electron chi connectivity index (χ4n) is 4.19. The number of carboxylic acids is 1. The number of benzene rings is 2. The van der Waals surface area contributed by atoms with Gasteiger partial charge in [-0.05, 0) is 29.8 Å². The molecule has 0 unspecified atom stereocenters. The van der Waals surface area contributed by atoms with Crippen LogP contribution in [0.4, 0.5) is 24.7 Å². The summed E-state index contributed by atoms with van der Waals surface area (Å²) >= 11 is 1.54. The number of halogens is 3. The van der Waals surface area contributed by atoms with Crippen LogP contribution in [-0.2, 0) is 11.3 Å². The number of nitrogens with one attached hydrogen (secondary N) is 2. The third-order valence-corrected chi connectivity index (χ3v) is 7.09. The van der Waals surface area contributed by atoms with Crippen LogP contribution in [0.5, 0.6) is 0 Å². The Morgan fingerprint density at radius 2 is 1.95 bits per heavy atom. The average Bonchev–Trinajstić information content (AvgIpc) is 3.66. The summed E-state index contributed by atoms with van der Waals surface area (Å²) in [5.41, 5.74) is 3.24. The van der Waals surface area contributed by atoms with Gasteiger partial charge in [0.25, 0.3) is 0 Å². The summed E-state index contributed by atoms with van der Waals surface area (Å²) in [7, 11) is 0. The molecule has 2 atom stereocenters. The molecular formula is C28H23F3N6O3S. The van der Waals surface area contributed by atoms with Gasteiger partial charge >= 0.3 is 12.1 Å². The Kier molecular flexibility index (Phi) is 8.16. The summed E-state index contributed by atoms with van der Waals surface area (Å²) in [6.45, 7) is 1.33. The maximum absolute atomic E-state index is 10.6. The molecule has 5 aromatic rings. The van der Waals surface area contributed by atoms with Crippen molar-refractivity contribution in [2.75, 3.05) is 11.9 Å². The average molecular weight is 581 g/mol. The van der Waals surface area contributed by atoms with Gasteiger partial charge in [-0.25, -0.2) is 14.8 Å². The summed E-state index contributed by atoms with van der Waals surface area (Å²) in [5, 5.41) is 30.0. The minimum Gasteiger partial charge on any atom is -0.475 e. The van der Waals surface area contributed by atoms with Crippen molar-refractivity contribution in [1.29, 1.82) is 0 Å². The third kappa shape index (κ3) is 6.98. The van der Waals surface area contributed by atoms with Crippen LogP contribution in [-0.4, -0.2) is 60.8 Å². The SMILES string of the molecule is O=C(O)C(F)(F)F.O[C@H]1CN[C@H](C#Cc2cc3c(Nc4ccc5c(cnn5Cc5ccccc5)c4)ncnc3s2)C1. The molecule has 0 aliphatic carbocycles. The fraction of sp³-hybridized carbons (Fsp3) is 0.214. The Balaban J connectivity index is 0.000000431. The highest BCUT2D eigenvalue weighted by Gasteiger charge is 2.38. The van der Waals surface area contributed by atoms with E-state index in [2.05, 4.69) is 61.8 Å². The highest BCUT2D eigenvalue weighted by Crippen LogP contribution is 2.30. The van der Waals surface area contributed by atoms with Crippen LogP contribution in [0.2, 0.25) is 0 Å². The minimum atomic E-state index is -5.08. The Bertz CT molecular complexity index is 1740. The van der Waals surface area contributed by atoms with Crippen molar-refractivity contribution in [2.45, 2.75) is 31.3 Å². The first-order valence-corrected chi connectivity index (χ1v) is 13.2. The maximum Gasteiger partial charge on any atom is 0.490 e. The van der Waals surface area contributed by atoms with Crippen molar-refractivity contribution >= 4 is 49.9 Å². The molecule has 4 heterocycles. The lowest BCUT2D eigenvalue weighted by Gasteiger charge is -2.08. The standard InChI is InChI=1S/C26H22N6OS.C2HF3O2/c33-21-11-19(27-14-21)6-8-22-12-23-25(28-16-29-26(23)34-22)31-20-7-9-24-18(10-20)13-30-32(24)15-17-4-2-1-3-5-17;3-2(4,5)1(6)7/h1-5,7,9-10,12-13,16,19,21,27,33H,11,14-15H2,(H,28,29,31);(H,6,7)/t19-,21-;/m1./s1. The molecule has 1 fully saturated rings. The number of thiophene rings is 1. The van der Waals surface area contributed by atoms with Crippen LogP contribution in [0.15, 0.2) is 67.1 Å². The van der Waals surface area contributed by atoms with Gasteiger partial charge in [0.1, 0.15) is 17.0 Å². The van der Waals surface area contributed by atoms with Crippen LogP contribution in [0, 0.1) is 11.8 Å². The van der Waals surface area contributed by atoms with Crippen LogP contribution in [0.25, 0.3) is 21.1 Å². The number of aromatic nitrogens is 4. The van der Waals surface area contributed by atoms with E-state index in [0.29, 0.717) is 13.0 Å². The smallest absolute Gasteiger partial charge is 0.475 e. The lowest BCUT2D eigenvalue weighted by molar-refractivity contribution is -0.192. The molecule has 2 aromatic carbocycles. The molecule has 3 aromatic heterocycles. The number of aliphatic hydroxyl groups excluding tert-OH is 1. The van der Waals surface area contributed by atoms with E-state index in [9.17, 15) is 18.3 Å². The van der Waals surface area contributed by atoms with E-state index in [1.54, 1.807) is 17.7 Å². The molecule has 0 saturated carbocycles. The topological polar surface area (TPSA) is 125 Å². The predicted molar refractivity (Wildman–Crippen MR) is 149 cm³/mol. The Morgan fingerprint density at radius 1 is 1.17 bits per heavy atom. The molecule has 1 aliphatic heterocycles. The first kappa shape index (κ1) is 28.0. The van der Waals surface area contributed by atoms with Crippen molar-refractivity contribution < 1.29 is 28.2 Å². The number of aliphatic carboxylic acids is 1. The van der Waals surface area contributed by atoms with Gasteiger partial charge < -0.3 is 20.8 Å². The highest BCUT2D eigenvalue weighted by molar-refractivity contribution is 7.19. The van der Waals surface area contributed by atoms with E-state index in [0.717, 1.165) is 44.0 Å². The van der Waals surface area contributed by atoms with E-state index in [1.807, 2.05) is 41.2 Å². The van der Waals surface area contributed by atoms with Crippen LogP contribution in [0.3, 0.4) is 0 Å². The largest absolute Gasteiger partial charge is 0.490 e. The second-order valence-corrected chi connectivity index (χ2v) is 10.2. The van der Waals surface area contributed by atoms with Gasteiger partial charge in [-0.15, -0.1) is 11.3 Å². The molecule has 0 spiro atoms. The quantitative estimate of drug-likeness (QED) is 0.229. The van der Waals surface area contributed by atoms with Gasteiger partial charge in [-0.1, -0.05) is 42.2 Å². The number of carbonyl (C=O) groups is 1. The van der Waals surface area contributed by atoms with E-state index in [-0.39, 0.29) is 12.1 Å². The number of hydrogen-bond donors (Lipinski definition) is 4. The molecule has 41 heavy (non-hydrogen) atoms. The van der Waals surface area contributed by atoms with Gasteiger partial charge in [0.05, 0.1) is 40.7 Å². The van der Waals surface area contributed by atoms with Gasteiger partial charge in [0.15, 0.2) is 0 Å². The molecule has 6 rings (SSSR count). The Labute approximate surface area is 235 Å². The lowest BCUT2D eigenvalue weighted by atomic mass is 10.2. The minimum absolute atomic E-state index is 0.0263. The van der Waals surface area contributed by atoms with Gasteiger partial charge in [0.2, 0.25) is 0 Å². The van der Waals surface area contributed by atoms with Crippen molar-refractivity contribution in [3.8, 4) is 11.8 Å². The molecule has 4 N–H and O–H groups in total. The van der Waals surface area contributed by atoms with E-state index in [1.165, 1.54) is 5.56 Å². The van der Waals surface area contributed by atoms with E-state index < -0.39 is 12.1 Å². The monoisotopic (exact) mass is 580 g/mol. The second kappa shape index (κ2) is 11.9. The normalized spacial score (nSPS) is 16.6. The number of hydrogen-bond acceptors (Lipinski definition) is 8. The summed E-state index contributed by atoms with van der Waals surface area (Å²) in [5.74, 6) is 4.43. The van der Waals surface area contributed by atoms with Gasteiger partial charge in [0, 0.05) is 24.0 Å². The number of alkyl halides is 3. The van der Waals surface area contributed by atoms with Crippen LogP contribution < -0.4 is 10.6 Å². The number of nitrogens with zero attached hydrogens (tertiary/aromatic N) is 4. The van der Waals surface area contributed by atoms with Crippen molar-refractivity contribution in [1.82, 2.24) is 25.1 Å². The fourth-order valence-corrected chi connectivity index (χ4v) is 5.05. The third-order valence-electron chi connectivity index (χ3n) is 6.13. The number of β-amino-alcohol motifs (C(OH)–C–C–N with tert-alkyl or cyclic N) is 1. The molecule has 0 bridgehead atoms. The van der Waals surface area contributed by atoms with Crippen molar-refractivity contribution in [3.05, 3.63) is 77.6 Å². The summed E-state index contributed by atoms with van der Waals surface area (Å²) < 4.78 is 33.7. The van der Waals surface area contributed by atoms with Gasteiger partial charge in [-0.3, -0.25) is 4.68 Å². The first-order valence-electron chi connectivity index (χ1n) is 12.4. The molecular weight excluding hydrogens is 557 g/mol. The second-order valence-electron chi connectivity index (χ2n) is 9.16. The van der Waals surface area contributed by atoms with Crippen molar-refractivity contribution in [2.24, 2.45) is 0 Å². The molecule has 13 heteroatoms. The summed E-state index contributed by atoms with van der Waals surface area (Å²) in [6, 6.07) is 18.6. The van der Waals surface area contributed by atoms with Gasteiger partial charge in [-0.2, -0.15) is 18.3 Å². The maximum atomic E-state index is 10.6. The highest BCUT2D eigenvalue weighted by atomic mass is 32.1. The number of aliphatic hydroxyl groups is 1. The molecule has 1 aliphatic rings. The molecule has 9 nitrogen and oxygen atoms in total. The first-order chi connectivity index (χ1) is 19.7. The van der Waals surface area contributed by atoms with Crippen LogP contribution >= 0.6 is 11.3 Å². The number of fused-ring (bicyclic) bond motifs is 2. The molecule has 0 radical (unpaired) electrons. The van der Waals surface area contributed by atoms with Crippen molar-refractivity contribution in [3.63, 3.8) is 0 Å². The van der Waals surface area contributed by atoms with E-state index >= 15 is 0 Å². The molecule has 210 valence electrons. The predicted octanol–water partition coefficient (Wildman–Crippen LogP) is 4.54. The van der Waals surface area contributed by atoms with E-state index in [4.69, 9.17) is 9.90 Å². The van der Waals surface area contributed by atoms with Crippen LogP contribution in [0.1, 0.15) is 16.9 Å².